The van der Waals surface area contributed by atoms with E-state index in [0.29, 0.717) is 13.1 Å². The van der Waals surface area contributed by atoms with E-state index < -0.39 is 0 Å². The summed E-state index contributed by atoms with van der Waals surface area (Å²) in [5.74, 6) is -0.300. The molecule has 0 fully saturated rings. The number of hydrogen-bond acceptors (Lipinski definition) is 3. The maximum Gasteiger partial charge on any atom is 0.141 e. The van der Waals surface area contributed by atoms with Crippen LogP contribution in [0.1, 0.15) is 17.5 Å². The molecule has 1 aromatic heterocycles. The van der Waals surface area contributed by atoms with Gasteiger partial charge >= 0.3 is 0 Å². The summed E-state index contributed by atoms with van der Waals surface area (Å²) in [7, 11) is 0. The average Bonchev–Trinajstić information content (AvgIpc) is 2.43. The largest absolute Gasteiger partial charge is 0.367 e. The van der Waals surface area contributed by atoms with Crippen LogP contribution >= 0.6 is 0 Å². The van der Waals surface area contributed by atoms with Crippen molar-refractivity contribution in [3.05, 3.63) is 59.7 Å². The van der Waals surface area contributed by atoms with E-state index in [1.54, 1.807) is 6.20 Å². The highest BCUT2D eigenvalue weighted by atomic mass is 19.1. The monoisotopic (exact) mass is 273 g/mol. The minimum Gasteiger partial charge on any atom is -0.367 e. The summed E-state index contributed by atoms with van der Waals surface area (Å²) in [6, 6.07) is 9.82. The molecule has 2 rings (SSSR count). The standard InChI is InChI=1S/C16H20FN3/c1-13-4-2-5-16(8-13)20(7-3-6-18)12-14-9-15(17)11-19-10-14/h2,4-5,8-11H,3,6-7,12,18H2,1H3. The lowest BCUT2D eigenvalue weighted by molar-refractivity contribution is 0.616. The fraction of sp³-hybridized carbons (Fsp3) is 0.312. The Hall–Kier alpha value is -1.94. The highest BCUT2D eigenvalue weighted by molar-refractivity contribution is 5.48. The SMILES string of the molecule is Cc1cccc(N(CCCN)Cc2cncc(F)c2)c1. The molecule has 3 nitrogen and oxygen atoms in total. The van der Waals surface area contributed by atoms with Gasteiger partial charge in [-0.05, 0) is 49.2 Å². The van der Waals surface area contributed by atoms with Crippen molar-refractivity contribution >= 4 is 5.69 Å². The van der Waals surface area contributed by atoms with E-state index in [4.69, 9.17) is 5.73 Å². The number of pyridine rings is 1. The van der Waals surface area contributed by atoms with Gasteiger partial charge in [-0.15, -0.1) is 0 Å². The highest BCUT2D eigenvalue weighted by Crippen LogP contribution is 2.19. The lowest BCUT2D eigenvalue weighted by Crippen LogP contribution is -2.25. The van der Waals surface area contributed by atoms with Crippen LogP contribution in [0, 0.1) is 12.7 Å². The number of rotatable bonds is 6. The summed E-state index contributed by atoms with van der Waals surface area (Å²) in [5, 5.41) is 0. The van der Waals surface area contributed by atoms with Crippen LogP contribution in [0.25, 0.3) is 0 Å². The Labute approximate surface area is 119 Å². The molecule has 20 heavy (non-hydrogen) atoms. The molecule has 4 heteroatoms. The molecule has 0 bridgehead atoms. The summed E-state index contributed by atoms with van der Waals surface area (Å²) < 4.78 is 13.2. The minimum absolute atomic E-state index is 0.300. The van der Waals surface area contributed by atoms with Crippen molar-refractivity contribution in [3.8, 4) is 0 Å². The van der Waals surface area contributed by atoms with Crippen molar-refractivity contribution in [2.75, 3.05) is 18.0 Å². The molecular formula is C16H20FN3. The van der Waals surface area contributed by atoms with E-state index in [9.17, 15) is 4.39 Å². The molecule has 0 aliphatic carbocycles. The fourth-order valence-corrected chi connectivity index (χ4v) is 2.17. The normalized spacial score (nSPS) is 10.6. The Morgan fingerprint density at radius 1 is 1.25 bits per heavy atom. The maximum atomic E-state index is 13.2. The summed E-state index contributed by atoms with van der Waals surface area (Å²) in [6.07, 6.45) is 3.82. The number of anilines is 1. The zero-order valence-electron chi connectivity index (χ0n) is 11.7. The Kier molecular flexibility index (Phi) is 5.07. The maximum absolute atomic E-state index is 13.2. The van der Waals surface area contributed by atoms with Crippen LogP contribution in [0.15, 0.2) is 42.7 Å². The van der Waals surface area contributed by atoms with Gasteiger partial charge in [-0.25, -0.2) is 4.39 Å². The first kappa shape index (κ1) is 14.5. The second-order valence-corrected chi connectivity index (χ2v) is 4.91. The number of halogens is 1. The van der Waals surface area contributed by atoms with Gasteiger partial charge in [0.1, 0.15) is 5.82 Å². The quantitative estimate of drug-likeness (QED) is 0.880. The lowest BCUT2D eigenvalue weighted by atomic mass is 10.1. The third kappa shape index (κ3) is 4.03. The van der Waals surface area contributed by atoms with E-state index in [-0.39, 0.29) is 5.82 Å². The van der Waals surface area contributed by atoms with Gasteiger partial charge in [-0.1, -0.05) is 12.1 Å². The number of nitrogens with two attached hydrogens (primary N) is 1. The van der Waals surface area contributed by atoms with E-state index in [2.05, 4.69) is 35.0 Å². The van der Waals surface area contributed by atoms with Crippen molar-refractivity contribution in [2.45, 2.75) is 19.9 Å². The van der Waals surface area contributed by atoms with Crippen LogP contribution < -0.4 is 10.6 Å². The van der Waals surface area contributed by atoms with Gasteiger partial charge < -0.3 is 10.6 Å². The zero-order chi connectivity index (χ0) is 14.4. The van der Waals surface area contributed by atoms with Crippen LogP contribution in [-0.2, 0) is 6.54 Å². The second kappa shape index (κ2) is 7.01. The molecule has 1 heterocycles. The molecule has 0 unspecified atom stereocenters. The first-order valence-corrected chi connectivity index (χ1v) is 6.80. The van der Waals surface area contributed by atoms with Gasteiger partial charge in [0.2, 0.25) is 0 Å². The second-order valence-electron chi connectivity index (χ2n) is 4.91. The van der Waals surface area contributed by atoms with Crippen molar-refractivity contribution in [2.24, 2.45) is 5.73 Å². The summed E-state index contributed by atoms with van der Waals surface area (Å²) in [6.45, 7) is 4.18. The third-order valence-corrected chi connectivity index (χ3v) is 3.13. The van der Waals surface area contributed by atoms with Crippen LogP contribution in [0.5, 0.6) is 0 Å². The van der Waals surface area contributed by atoms with Gasteiger partial charge in [-0.3, -0.25) is 4.98 Å². The number of hydrogen-bond donors (Lipinski definition) is 1. The van der Waals surface area contributed by atoms with Crippen molar-refractivity contribution < 1.29 is 4.39 Å². The number of aryl methyl sites for hydroxylation is 1. The fourth-order valence-electron chi connectivity index (χ4n) is 2.17. The van der Waals surface area contributed by atoms with Gasteiger partial charge in [0.25, 0.3) is 0 Å². The molecule has 0 saturated carbocycles. The Balaban J connectivity index is 2.19. The summed E-state index contributed by atoms with van der Waals surface area (Å²) in [5.41, 5.74) is 8.80. The average molecular weight is 273 g/mol. The molecule has 2 N–H and O–H groups in total. The van der Waals surface area contributed by atoms with Crippen LogP contribution in [0.4, 0.5) is 10.1 Å². The van der Waals surface area contributed by atoms with E-state index >= 15 is 0 Å². The molecule has 0 aliphatic heterocycles. The van der Waals surface area contributed by atoms with E-state index in [0.717, 1.165) is 24.2 Å². The van der Waals surface area contributed by atoms with Gasteiger partial charge in [0, 0.05) is 25.0 Å². The molecule has 0 saturated heterocycles. The summed E-state index contributed by atoms with van der Waals surface area (Å²) in [4.78, 5) is 6.11. The Morgan fingerprint density at radius 2 is 2.10 bits per heavy atom. The molecule has 2 aromatic rings. The van der Waals surface area contributed by atoms with Crippen molar-refractivity contribution in [3.63, 3.8) is 0 Å². The van der Waals surface area contributed by atoms with E-state index in [1.807, 2.05) is 6.07 Å². The third-order valence-electron chi connectivity index (χ3n) is 3.13. The molecule has 0 radical (unpaired) electrons. The smallest absolute Gasteiger partial charge is 0.141 e. The predicted molar refractivity (Wildman–Crippen MR) is 80.1 cm³/mol. The molecular weight excluding hydrogens is 253 g/mol. The minimum atomic E-state index is -0.300. The van der Waals surface area contributed by atoms with E-state index in [1.165, 1.54) is 17.8 Å². The molecule has 1 aromatic carbocycles. The molecule has 0 atom stereocenters. The first-order chi connectivity index (χ1) is 9.69. The zero-order valence-corrected chi connectivity index (χ0v) is 11.7. The molecule has 0 aliphatic rings. The van der Waals surface area contributed by atoms with Gasteiger partial charge in [-0.2, -0.15) is 0 Å². The van der Waals surface area contributed by atoms with Gasteiger partial charge in [0.15, 0.2) is 0 Å². The Bertz CT molecular complexity index is 557. The predicted octanol–water partition coefficient (Wildman–Crippen LogP) is 2.88. The van der Waals surface area contributed by atoms with Crippen molar-refractivity contribution in [1.29, 1.82) is 0 Å². The van der Waals surface area contributed by atoms with Crippen LogP contribution in [0.2, 0.25) is 0 Å². The highest BCUT2D eigenvalue weighted by Gasteiger charge is 2.08. The Morgan fingerprint density at radius 3 is 2.80 bits per heavy atom. The van der Waals surface area contributed by atoms with Crippen molar-refractivity contribution in [1.82, 2.24) is 4.98 Å². The van der Waals surface area contributed by atoms with Crippen LogP contribution in [-0.4, -0.2) is 18.1 Å². The number of nitrogens with zero attached hydrogens (tertiary/aromatic N) is 2. The number of benzene rings is 1. The first-order valence-electron chi connectivity index (χ1n) is 6.80. The van der Waals surface area contributed by atoms with Gasteiger partial charge in [0.05, 0.1) is 6.20 Å². The van der Waals surface area contributed by atoms with Crippen LogP contribution in [0.3, 0.4) is 0 Å². The number of aromatic nitrogens is 1. The lowest BCUT2D eigenvalue weighted by Gasteiger charge is -2.25. The molecule has 0 spiro atoms. The topological polar surface area (TPSA) is 42.1 Å². The molecule has 0 amide bonds. The summed E-state index contributed by atoms with van der Waals surface area (Å²) >= 11 is 0. The molecule has 106 valence electrons.